The van der Waals surface area contributed by atoms with Crippen molar-refractivity contribution in [3.8, 4) is 0 Å². The van der Waals surface area contributed by atoms with Gasteiger partial charge in [0, 0.05) is 25.2 Å². The fourth-order valence-electron chi connectivity index (χ4n) is 2.96. The van der Waals surface area contributed by atoms with Crippen LogP contribution in [0.1, 0.15) is 31.6 Å². The fourth-order valence-corrected chi connectivity index (χ4v) is 2.96. The van der Waals surface area contributed by atoms with E-state index in [1.165, 1.54) is 25.2 Å². The zero-order valence-corrected chi connectivity index (χ0v) is 11.1. The molecule has 0 amide bonds. The average molecular weight is 244 g/mol. The van der Waals surface area contributed by atoms with E-state index >= 15 is 0 Å². The maximum absolute atomic E-state index is 4.71. The van der Waals surface area contributed by atoms with E-state index in [-0.39, 0.29) is 0 Å². The minimum atomic E-state index is 0.526. The first-order valence-corrected chi connectivity index (χ1v) is 6.80. The first kappa shape index (κ1) is 11.7. The summed E-state index contributed by atoms with van der Waals surface area (Å²) in [5.41, 5.74) is 2.08. The maximum atomic E-state index is 4.71. The minimum Gasteiger partial charge on any atom is -0.308 e. The number of piperidine rings is 1. The summed E-state index contributed by atoms with van der Waals surface area (Å²) in [4.78, 5) is 11.7. The molecule has 3 heterocycles. The Morgan fingerprint density at radius 2 is 2.33 bits per heavy atom. The number of rotatable bonds is 2. The average Bonchev–Trinajstić information content (AvgIpc) is 2.77. The number of likely N-dealkylation sites (N-methyl/N-ethyl adjacent to an activating group) is 1. The summed E-state index contributed by atoms with van der Waals surface area (Å²) in [6.45, 7) is 4.48. The topological polar surface area (TPSA) is 34.0 Å². The molecule has 0 saturated carbocycles. The van der Waals surface area contributed by atoms with Crippen LogP contribution >= 0.6 is 0 Å². The molecule has 96 valence electrons. The smallest absolute Gasteiger partial charge is 0.160 e. The van der Waals surface area contributed by atoms with Crippen LogP contribution in [-0.4, -0.2) is 39.6 Å². The molecule has 4 heteroatoms. The third-order valence-electron chi connectivity index (χ3n) is 3.80. The third-order valence-corrected chi connectivity index (χ3v) is 3.80. The van der Waals surface area contributed by atoms with Gasteiger partial charge < -0.3 is 9.47 Å². The lowest BCUT2D eigenvalue weighted by molar-refractivity contribution is 0.212. The summed E-state index contributed by atoms with van der Waals surface area (Å²) in [5, 5.41) is 0. The normalized spacial score (nSPS) is 21.6. The van der Waals surface area contributed by atoms with Crippen molar-refractivity contribution < 1.29 is 0 Å². The fraction of sp³-hybridized carbons (Fsp3) is 0.571. The summed E-state index contributed by atoms with van der Waals surface area (Å²) in [5.74, 6) is 1.17. The SMILES string of the molecule is CCc1nc2cccnc2n1C1CCCN(C)C1. The van der Waals surface area contributed by atoms with Gasteiger partial charge in [-0.25, -0.2) is 9.97 Å². The van der Waals surface area contributed by atoms with Crippen molar-refractivity contribution in [2.24, 2.45) is 0 Å². The highest BCUT2D eigenvalue weighted by Crippen LogP contribution is 2.26. The largest absolute Gasteiger partial charge is 0.308 e. The van der Waals surface area contributed by atoms with E-state index in [2.05, 4.69) is 34.5 Å². The number of aromatic nitrogens is 3. The number of fused-ring (bicyclic) bond motifs is 1. The Bertz CT molecular complexity index is 546. The number of likely N-dealkylation sites (tertiary alicyclic amines) is 1. The van der Waals surface area contributed by atoms with Gasteiger partial charge in [-0.1, -0.05) is 6.92 Å². The van der Waals surface area contributed by atoms with Crippen LogP contribution < -0.4 is 0 Å². The Kier molecular flexibility index (Phi) is 3.04. The zero-order chi connectivity index (χ0) is 12.5. The summed E-state index contributed by atoms with van der Waals surface area (Å²) in [7, 11) is 2.20. The predicted octanol–water partition coefficient (Wildman–Crippen LogP) is 2.26. The molecular weight excluding hydrogens is 224 g/mol. The molecule has 1 aliphatic heterocycles. The van der Waals surface area contributed by atoms with Gasteiger partial charge in [-0.3, -0.25) is 0 Å². The summed E-state index contributed by atoms with van der Waals surface area (Å²) in [6.07, 6.45) is 5.33. The molecular formula is C14H20N4. The van der Waals surface area contributed by atoms with Gasteiger partial charge in [0.05, 0.1) is 0 Å². The van der Waals surface area contributed by atoms with Gasteiger partial charge in [0.25, 0.3) is 0 Å². The van der Waals surface area contributed by atoms with Crippen LogP contribution in [0.3, 0.4) is 0 Å². The van der Waals surface area contributed by atoms with Crippen LogP contribution in [0, 0.1) is 0 Å². The monoisotopic (exact) mass is 244 g/mol. The van der Waals surface area contributed by atoms with Crippen molar-refractivity contribution in [3.05, 3.63) is 24.2 Å². The number of aryl methyl sites for hydroxylation is 1. The van der Waals surface area contributed by atoms with Crippen LogP contribution in [0.15, 0.2) is 18.3 Å². The summed E-state index contributed by atoms with van der Waals surface area (Å²) in [6, 6.07) is 4.55. The zero-order valence-electron chi connectivity index (χ0n) is 11.1. The Labute approximate surface area is 108 Å². The lowest BCUT2D eigenvalue weighted by Gasteiger charge is -2.31. The van der Waals surface area contributed by atoms with E-state index in [1.807, 2.05) is 12.3 Å². The molecule has 1 atom stereocenters. The summed E-state index contributed by atoms with van der Waals surface area (Å²) < 4.78 is 2.37. The number of hydrogen-bond donors (Lipinski definition) is 0. The molecule has 18 heavy (non-hydrogen) atoms. The molecule has 0 N–H and O–H groups in total. The molecule has 2 aromatic rings. The number of nitrogens with zero attached hydrogens (tertiary/aromatic N) is 4. The quantitative estimate of drug-likeness (QED) is 0.812. The van der Waals surface area contributed by atoms with Crippen molar-refractivity contribution in [3.63, 3.8) is 0 Å². The van der Waals surface area contributed by atoms with E-state index < -0.39 is 0 Å². The van der Waals surface area contributed by atoms with Gasteiger partial charge in [-0.05, 0) is 38.6 Å². The van der Waals surface area contributed by atoms with E-state index in [1.54, 1.807) is 0 Å². The molecule has 0 aliphatic carbocycles. The highest BCUT2D eigenvalue weighted by molar-refractivity contribution is 5.71. The highest BCUT2D eigenvalue weighted by Gasteiger charge is 2.23. The number of pyridine rings is 1. The van der Waals surface area contributed by atoms with Crippen molar-refractivity contribution in [2.45, 2.75) is 32.2 Å². The number of imidazole rings is 1. The first-order chi connectivity index (χ1) is 8.79. The minimum absolute atomic E-state index is 0.526. The number of hydrogen-bond acceptors (Lipinski definition) is 3. The standard InChI is InChI=1S/C14H20N4/c1-3-13-16-12-7-4-8-15-14(12)18(13)11-6-5-9-17(2)10-11/h4,7-8,11H,3,5-6,9-10H2,1-2H3. The second kappa shape index (κ2) is 4.69. The lowest BCUT2D eigenvalue weighted by atomic mass is 10.1. The Hall–Kier alpha value is -1.42. The Morgan fingerprint density at radius 3 is 3.11 bits per heavy atom. The van der Waals surface area contributed by atoms with Crippen molar-refractivity contribution in [2.75, 3.05) is 20.1 Å². The van der Waals surface area contributed by atoms with Crippen LogP contribution in [0.5, 0.6) is 0 Å². The van der Waals surface area contributed by atoms with E-state index in [0.29, 0.717) is 6.04 Å². The predicted molar refractivity (Wildman–Crippen MR) is 72.7 cm³/mol. The van der Waals surface area contributed by atoms with Crippen LogP contribution in [0.2, 0.25) is 0 Å². The van der Waals surface area contributed by atoms with Crippen molar-refractivity contribution in [1.29, 1.82) is 0 Å². The second-order valence-corrected chi connectivity index (χ2v) is 5.16. The molecule has 1 saturated heterocycles. The van der Waals surface area contributed by atoms with Gasteiger partial charge >= 0.3 is 0 Å². The molecule has 1 fully saturated rings. The van der Waals surface area contributed by atoms with Crippen LogP contribution in [0.25, 0.3) is 11.2 Å². The van der Waals surface area contributed by atoms with E-state index in [9.17, 15) is 0 Å². The van der Waals surface area contributed by atoms with Crippen molar-refractivity contribution in [1.82, 2.24) is 19.4 Å². The van der Waals surface area contributed by atoms with Gasteiger partial charge in [-0.2, -0.15) is 0 Å². The van der Waals surface area contributed by atoms with Gasteiger partial charge in [0.15, 0.2) is 5.65 Å². The molecule has 0 bridgehead atoms. The third kappa shape index (κ3) is 1.90. The second-order valence-electron chi connectivity index (χ2n) is 5.16. The molecule has 0 aromatic carbocycles. The van der Waals surface area contributed by atoms with Crippen LogP contribution in [-0.2, 0) is 6.42 Å². The molecule has 2 aromatic heterocycles. The molecule has 0 spiro atoms. The van der Waals surface area contributed by atoms with E-state index in [4.69, 9.17) is 4.98 Å². The molecule has 0 radical (unpaired) electrons. The van der Waals surface area contributed by atoms with Crippen LogP contribution in [0.4, 0.5) is 0 Å². The summed E-state index contributed by atoms with van der Waals surface area (Å²) >= 11 is 0. The Morgan fingerprint density at radius 1 is 1.44 bits per heavy atom. The first-order valence-electron chi connectivity index (χ1n) is 6.80. The van der Waals surface area contributed by atoms with Gasteiger partial charge in [-0.15, -0.1) is 0 Å². The molecule has 1 unspecified atom stereocenters. The highest BCUT2D eigenvalue weighted by atomic mass is 15.2. The molecule has 4 nitrogen and oxygen atoms in total. The molecule has 3 rings (SSSR count). The van der Waals surface area contributed by atoms with Crippen molar-refractivity contribution >= 4 is 11.2 Å². The maximum Gasteiger partial charge on any atom is 0.160 e. The lowest BCUT2D eigenvalue weighted by Crippen LogP contribution is -2.34. The Balaban J connectivity index is 2.08. The molecule has 1 aliphatic rings. The van der Waals surface area contributed by atoms with Gasteiger partial charge in [0.1, 0.15) is 11.3 Å². The van der Waals surface area contributed by atoms with Gasteiger partial charge in [0.2, 0.25) is 0 Å². The van der Waals surface area contributed by atoms with E-state index in [0.717, 1.165) is 24.1 Å².